The first-order valence-electron chi connectivity index (χ1n) is 9.11. The molecular formula is C20H24N4O4. The minimum Gasteiger partial charge on any atom is -0.389 e. The Morgan fingerprint density at radius 3 is 2.57 bits per heavy atom. The van der Waals surface area contributed by atoms with Crippen LogP contribution in [-0.4, -0.2) is 53.3 Å². The minimum atomic E-state index is -0.726. The van der Waals surface area contributed by atoms with Crippen LogP contribution >= 0.6 is 0 Å². The van der Waals surface area contributed by atoms with Crippen LogP contribution in [0.15, 0.2) is 48.8 Å². The number of benzene rings is 1. The van der Waals surface area contributed by atoms with Gasteiger partial charge in [-0.25, -0.2) is 0 Å². The van der Waals surface area contributed by atoms with Gasteiger partial charge >= 0.3 is 0 Å². The van der Waals surface area contributed by atoms with Crippen LogP contribution in [0.4, 0.5) is 5.69 Å². The summed E-state index contributed by atoms with van der Waals surface area (Å²) in [6.07, 6.45) is 1.92. The number of rotatable bonds is 7. The van der Waals surface area contributed by atoms with E-state index >= 15 is 0 Å². The average molecular weight is 384 g/mol. The summed E-state index contributed by atoms with van der Waals surface area (Å²) in [4.78, 5) is 27.0. The van der Waals surface area contributed by atoms with E-state index in [9.17, 15) is 14.7 Å². The number of ether oxygens (including phenoxy) is 1. The van der Waals surface area contributed by atoms with Gasteiger partial charge in [-0.15, -0.1) is 0 Å². The highest BCUT2D eigenvalue weighted by molar-refractivity contribution is 5.94. The zero-order valence-corrected chi connectivity index (χ0v) is 15.6. The first-order chi connectivity index (χ1) is 13.5. The van der Waals surface area contributed by atoms with Crippen LogP contribution in [0.1, 0.15) is 22.8 Å². The van der Waals surface area contributed by atoms with E-state index in [0.29, 0.717) is 18.7 Å². The Kier molecular flexibility index (Phi) is 6.70. The molecule has 4 N–H and O–H groups in total. The second-order valence-electron chi connectivity index (χ2n) is 6.67. The van der Waals surface area contributed by atoms with Gasteiger partial charge in [0.2, 0.25) is 5.91 Å². The van der Waals surface area contributed by atoms with Gasteiger partial charge < -0.3 is 25.8 Å². The van der Waals surface area contributed by atoms with Crippen molar-refractivity contribution in [2.75, 3.05) is 18.5 Å². The maximum Gasteiger partial charge on any atom is 0.251 e. The van der Waals surface area contributed by atoms with Gasteiger partial charge in [-0.2, -0.15) is 0 Å². The molecule has 0 spiro atoms. The number of amides is 2. The van der Waals surface area contributed by atoms with Crippen molar-refractivity contribution in [3.05, 3.63) is 59.9 Å². The van der Waals surface area contributed by atoms with Crippen LogP contribution in [0.5, 0.6) is 0 Å². The monoisotopic (exact) mass is 384 g/mol. The number of nitrogens with one attached hydrogen (secondary N) is 3. The predicted octanol–water partition coefficient (Wildman–Crippen LogP) is 0.688. The van der Waals surface area contributed by atoms with Crippen molar-refractivity contribution in [1.82, 2.24) is 15.6 Å². The van der Waals surface area contributed by atoms with E-state index in [2.05, 4.69) is 20.9 Å². The molecule has 1 aromatic heterocycles. The zero-order valence-electron chi connectivity index (χ0n) is 15.6. The molecule has 28 heavy (non-hydrogen) atoms. The first-order valence-corrected chi connectivity index (χ1v) is 9.11. The molecular weight excluding hydrogens is 360 g/mol. The van der Waals surface area contributed by atoms with Gasteiger partial charge in [0.1, 0.15) is 6.10 Å². The summed E-state index contributed by atoms with van der Waals surface area (Å²) in [5.74, 6) is -0.340. The second kappa shape index (κ2) is 9.41. The lowest BCUT2D eigenvalue weighted by Gasteiger charge is -2.19. The molecule has 1 aromatic carbocycles. The molecule has 1 aliphatic rings. The summed E-state index contributed by atoms with van der Waals surface area (Å²) in [5, 5.41) is 19.2. The number of aliphatic hydroxyl groups is 1. The first kappa shape index (κ1) is 19.9. The summed E-state index contributed by atoms with van der Waals surface area (Å²) < 4.78 is 5.63. The summed E-state index contributed by atoms with van der Waals surface area (Å²) >= 11 is 0. The SMILES string of the molecule is CC(=O)Nc1ccc(CN[C@@H]2CO[C@H](CNC(=O)c3ccncc3)[C@H]2O)cc1. The zero-order chi connectivity index (χ0) is 19.9. The van der Waals surface area contributed by atoms with Gasteiger partial charge in [-0.1, -0.05) is 12.1 Å². The van der Waals surface area contributed by atoms with Crippen LogP contribution in [0.3, 0.4) is 0 Å². The number of hydrogen-bond donors (Lipinski definition) is 4. The lowest BCUT2D eigenvalue weighted by Crippen LogP contribution is -2.44. The van der Waals surface area contributed by atoms with E-state index < -0.39 is 12.2 Å². The normalized spacial score (nSPS) is 21.3. The Morgan fingerprint density at radius 1 is 1.18 bits per heavy atom. The van der Waals surface area contributed by atoms with Crippen LogP contribution < -0.4 is 16.0 Å². The van der Waals surface area contributed by atoms with Crippen LogP contribution in [0.25, 0.3) is 0 Å². The third-order valence-electron chi connectivity index (χ3n) is 4.53. The molecule has 0 unspecified atom stereocenters. The van der Waals surface area contributed by atoms with Crippen molar-refractivity contribution in [2.24, 2.45) is 0 Å². The highest BCUT2D eigenvalue weighted by Gasteiger charge is 2.35. The average Bonchev–Trinajstić information content (AvgIpc) is 3.05. The van der Waals surface area contributed by atoms with E-state index in [-0.39, 0.29) is 24.4 Å². The number of anilines is 1. The number of aromatic nitrogens is 1. The number of carbonyl (C=O) groups excluding carboxylic acids is 2. The largest absolute Gasteiger partial charge is 0.389 e. The fraction of sp³-hybridized carbons (Fsp3) is 0.350. The molecule has 2 aromatic rings. The molecule has 148 valence electrons. The molecule has 1 aliphatic heterocycles. The van der Waals surface area contributed by atoms with Gasteiger partial charge in [-0.05, 0) is 29.8 Å². The molecule has 1 saturated heterocycles. The molecule has 0 bridgehead atoms. The summed E-state index contributed by atoms with van der Waals surface area (Å²) in [6.45, 7) is 2.61. The summed E-state index contributed by atoms with van der Waals surface area (Å²) in [6, 6.07) is 10.5. The fourth-order valence-corrected chi connectivity index (χ4v) is 3.00. The van der Waals surface area contributed by atoms with Crippen molar-refractivity contribution in [2.45, 2.75) is 31.7 Å². The van der Waals surface area contributed by atoms with Crippen LogP contribution in [0.2, 0.25) is 0 Å². The molecule has 0 saturated carbocycles. The van der Waals surface area contributed by atoms with Crippen molar-refractivity contribution < 1.29 is 19.4 Å². The van der Waals surface area contributed by atoms with Gasteiger partial charge in [0.05, 0.1) is 18.8 Å². The number of carbonyl (C=O) groups is 2. The minimum absolute atomic E-state index is 0.112. The molecule has 1 fully saturated rings. The third kappa shape index (κ3) is 5.35. The Balaban J connectivity index is 1.44. The molecule has 0 radical (unpaired) electrons. The quantitative estimate of drug-likeness (QED) is 0.559. The summed E-state index contributed by atoms with van der Waals surface area (Å²) in [5.41, 5.74) is 2.28. The Morgan fingerprint density at radius 2 is 1.89 bits per heavy atom. The van der Waals surface area contributed by atoms with E-state index in [1.54, 1.807) is 24.5 Å². The highest BCUT2D eigenvalue weighted by Crippen LogP contribution is 2.15. The smallest absolute Gasteiger partial charge is 0.251 e. The molecule has 8 heteroatoms. The lowest BCUT2D eigenvalue weighted by atomic mass is 10.1. The number of hydrogen-bond acceptors (Lipinski definition) is 6. The van der Waals surface area contributed by atoms with Crippen molar-refractivity contribution in [3.63, 3.8) is 0 Å². The van der Waals surface area contributed by atoms with Crippen molar-refractivity contribution in [3.8, 4) is 0 Å². The second-order valence-corrected chi connectivity index (χ2v) is 6.67. The molecule has 2 amide bonds. The Bertz CT molecular complexity index is 798. The fourth-order valence-electron chi connectivity index (χ4n) is 3.00. The molecule has 3 atom stereocenters. The maximum atomic E-state index is 12.1. The molecule has 3 rings (SSSR count). The predicted molar refractivity (Wildman–Crippen MR) is 104 cm³/mol. The van der Waals surface area contributed by atoms with E-state index in [1.807, 2.05) is 24.3 Å². The molecule has 8 nitrogen and oxygen atoms in total. The van der Waals surface area contributed by atoms with E-state index in [4.69, 9.17) is 4.74 Å². The standard InChI is InChI=1S/C20H24N4O4/c1-13(25)24-16-4-2-14(3-5-16)10-22-17-12-28-18(19(17)26)11-23-20(27)15-6-8-21-9-7-15/h2-9,17-19,22,26H,10-12H2,1H3,(H,23,27)(H,24,25)/t17-,18-,19+/m1/s1. The number of aliphatic hydroxyl groups excluding tert-OH is 1. The van der Waals surface area contributed by atoms with Gasteiger partial charge in [-0.3, -0.25) is 14.6 Å². The van der Waals surface area contributed by atoms with Crippen molar-refractivity contribution in [1.29, 1.82) is 0 Å². The topological polar surface area (TPSA) is 113 Å². The highest BCUT2D eigenvalue weighted by atomic mass is 16.5. The van der Waals surface area contributed by atoms with Crippen molar-refractivity contribution >= 4 is 17.5 Å². The van der Waals surface area contributed by atoms with Crippen LogP contribution in [-0.2, 0) is 16.1 Å². The number of nitrogens with zero attached hydrogens (tertiary/aromatic N) is 1. The molecule has 0 aliphatic carbocycles. The Hall–Kier alpha value is -2.81. The summed E-state index contributed by atoms with van der Waals surface area (Å²) in [7, 11) is 0. The molecule has 2 heterocycles. The van der Waals surface area contributed by atoms with Crippen LogP contribution in [0, 0.1) is 0 Å². The van der Waals surface area contributed by atoms with Gasteiger partial charge in [0, 0.05) is 43.7 Å². The lowest BCUT2D eigenvalue weighted by molar-refractivity contribution is -0.114. The van der Waals surface area contributed by atoms with Gasteiger partial charge in [0.25, 0.3) is 5.91 Å². The van der Waals surface area contributed by atoms with Gasteiger partial charge in [0.15, 0.2) is 0 Å². The van der Waals surface area contributed by atoms with E-state index in [0.717, 1.165) is 11.3 Å². The van der Waals surface area contributed by atoms with E-state index in [1.165, 1.54) is 6.92 Å². The maximum absolute atomic E-state index is 12.1. The third-order valence-corrected chi connectivity index (χ3v) is 4.53. The Labute approximate surface area is 163 Å². The number of pyridine rings is 1.